The lowest BCUT2D eigenvalue weighted by molar-refractivity contribution is 0.0810. The van der Waals surface area contributed by atoms with E-state index in [0.717, 1.165) is 0 Å². The molecule has 4 nitrogen and oxygen atoms in total. The molecule has 134 valence electrons. The number of nitrogens with one attached hydrogen (secondary N) is 3. The highest BCUT2D eigenvalue weighted by molar-refractivity contribution is 6.74. The normalized spacial score (nSPS) is 18.4. The zero-order valence-corrected chi connectivity index (χ0v) is 20.2. The van der Waals surface area contributed by atoms with Crippen molar-refractivity contribution in [3.8, 4) is 0 Å². The van der Waals surface area contributed by atoms with Gasteiger partial charge in [-0.15, -0.1) is 0 Å². The molecule has 0 spiro atoms. The van der Waals surface area contributed by atoms with Gasteiger partial charge in [0, 0.05) is 0 Å². The zero-order valence-electron chi connectivity index (χ0n) is 17.2. The molecule has 0 rings (SSSR count). The van der Waals surface area contributed by atoms with E-state index in [0.29, 0.717) is 18.5 Å². The molecule has 0 heterocycles. The zero-order chi connectivity index (χ0) is 17.9. The van der Waals surface area contributed by atoms with Crippen molar-refractivity contribution in [2.45, 2.75) is 98.2 Å². The van der Waals surface area contributed by atoms with Crippen LogP contribution in [0.2, 0.25) is 58.9 Å². The first-order valence-electron chi connectivity index (χ1n) is 8.62. The molecule has 0 aliphatic rings. The Kier molecular flexibility index (Phi) is 8.22. The molecule has 0 fully saturated rings. The highest BCUT2D eigenvalue weighted by atomic mass is 28.3. The smallest absolute Gasteiger partial charge is 0.117 e. The fraction of sp³-hybridized carbons (Fsp3) is 1.00. The van der Waals surface area contributed by atoms with Crippen molar-refractivity contribution in [3.63, 3.8) is 0 Å². The maximum absolute atomic E-state index is 3.87. The molecule has 0 radical (unpaired) electrons. The summed E-state index contributed by atoms with van der Waals surface area (Å²) in [5, 5.41) is 0. The lowest BCUT2D eigenvalue weighted by atomic mass is 10.3. The Morgan fingerprint density at radius 3 is 0.818 bits per heavy atom. The minimum atomic E-state index is -1.32. The van der Waals surface area contributed by atoms with E-state index in [-0.39, 0.29) is 0 Å². The van der Waals surface area contributed by atoms with Crippen LogP contribution < -0.4 is 14.9 Å². The summed E-state index contributed by atoms with van der Waals surface area (Å²) in [5.74, 6) is 0. The second-order valence-corrected chi connectivity index (χ2v) is 24.0. The summed E-state index contributed by atoms with van der Waals surface area (Å²) in [6.07, 6.45) is 1.10. The van der Waals surface area contributed by atoms with E-state index in [9.17, 15) is 0 Å². The molecule has 3 N–H and O–H groups in total. The van der Waals surface area contributed by atoms with Crippen molar-refractivity contribution in [1.29, 1.82) is 0 Å². The molecule has 0 aromatic carbocycles. The lowest BCUT2D eigenvalue weighted by Crippen LogP contribution is -2.68. The standard InChI is InChI=1S/C15H42N4Si3/c1-13(16-20(4,5)6)19(14(2)17-21(7,8)9)15(3)18-22(10,11)12/h13-18H,1-12H3. The second-order valence-electron chi connectivity index (χ2n) is 9.66. The average molecular weight is 363 g/mol. The van der Waals surface area contributed by atoms with Crippen molar-refractivity contribution in [3.05, 3.63) is 0 Å². The summed E-state index contributed by atoms with van der Waals surface area (Å²) in [4.78, 5) is 14.2. The predicted octanol–water partition coefficient (Wildman–Crippen LogP) is 3.60. The van der Waals surface area contributed by atoms with Gasteiger partial charge in [0.2, 0.25) is 0 Å². The molecule has 0 amide bonds. The van der Waals surface area contributed by atoms with Gasteiger partial charge in [-0.25, -0.2) is 0 Å². The molecule has 0 aliphatic heterocycles. The summed E-state index contributed by atoms with van der Waals surface area (Å²) >= 11 is 0. The highest BCUT2D eigenvalue weighted by Gasteiger charge is 2.32. The molecular formula is C15H42N4Si3. The van der Waals surface area contributed by atoms with E-state index in [1.54, 1.807) is 0 Å². The van der Waals surface area contributed by atoms with Crippen LogP contribution in [0.25, 0.3) is 0 Å². The molecule has 0 saturated heterocycles. The van der Waals surface area contributed by atoms with Crippen LogP contribution in [0.4, 0.5) is 0 Å². The monoisotopic (exact) mass is 362 g/mol. The van der Waals surface area contributed by atoms with Gasteiger partial charge in [0.05, 0.1) is 18.5 Å². The first-order chi connectivity index (χ1) is 9.52. The summed E-state index contributed by atoms with van der Waals surface area (Å²) < 4.78 is 0. The van der Waals surface area contributed by atoms with Crippen LogP contribution in [-0.2, 0) is 0 Å². The fourth-order valence-corrected chi connectivity index (χ4v) is 7.32. The van der Waals surface area contributed by atoms with Crippen LogP contribution in [0, 0.1) is 0 Å². The number of nitrogens with zero attached hydrogens (tertiary/aromatic N) is 1. The Bertz CT molecular complexity index is 279. The van der Waals surface area contributed by atoms with Crippen LogP contribution in [0.3, 0.4) is 0 Å². The molecule has 3 unspecified atom stereocenters. The van der Waals surface area contributed by atoms with Gasteiger partial charge in [-0.3, -0.25) is 4.90 Å². The predicted molar refractivity (Wildman–Crippen MR) is 110 cm³/mol. The summed E-state index contributed by atoms with van der Waals surface area (Å²) in [6, 6.07) is 0. The largest absolute Gasteiger partial charge is 0.323 e. The van der Waals surface area contributed by atoms with E-state index in [1.165, 1.54) is 0 Å². The van der Waals surface area contributed by atoms with Crippen LogP contribution in [0.15, 0.2) is 0 Å². The van der Waals surface area contributed by atoms with Crippen molar-refractivity contribution in [1.82, 2.24) is 19.8 Å². The topological polar surface area (TPSA) is 39.3 Å². The van der Waals surface area contributed by atoms with Crippen molar-refractivity contribution < 1.29 is 0 Å². The Balaban J connectivity index is 5.21. The molecule has 22 heavy (non-hydrogen) atoms. The van der Waals surface area contributed by atoms with Gasteiger partial charge in [0.25, 0.3) is 0 Å². The lowest BCUT2D eigenvalue weighted by Gasteiger charge is -2.45. The van der Waals surface area contributed by atoms with Gasteiger partial charge < -0.3 is 14.9 Å². The van der Waals surface area contributed by atoms with Gasteiger partial charge in [-0.2, -0.15) is 0 Å². The third kappa shape index (κ3) is 10.3. The van der Waals surface area contributed by atoms with Crippen molar-refractivity contribution in [2.75, 3.05) is 0 Å². The maximum Gasteiger partial charge on any atom is 0.117 e. The van der Waals surface area contributed by atoms with Gasteiger partial charge in [-0.05, 0) is 20.8 Å². The van der Waals surface area contributed by atoms with Gasteiger partial charge in [0.1, 0.15) is 24.7 Å². The first-order valence-corrected chi connectivity index (χ1v) is 19.1. The van der Waals surface area contributed by atoms with E-state index < -0.39 is 24.7 Å². The molecule has 0 aliphatic carbocycles. The van der Waals surface area contributed by atoms with Gasteiger partial charge >= 0.3 is 0 Å². The summed E-state index contributed by atoms with van der Waals surface area (Å²) in [7, 11) is -3.95. The first kappa shape index (κ1) is 22.5. The van der Waals surface area contributed by atoms with Crippen LogP contribution in [0.5, 0.6) is 0 Å². The molecule has 0 aromatic heterocycles. The third-order valence-electron chi connectivity index (χ3n) is 3.27. The molecule has 0 saturated carbocycles. The highest BCUT2D eigenvalue weighted by Crippen LogP contribution is 2.13. The van der Waals surface area contributed by atoms with E-state index in [1.807, 2.05) is 0 Å². The number of hydrogen-bond acceptors (Lipinski definition) is 4. The fourth-order valence-electron chi connectivity index (χ4n) is 3.11. The van der Waals surface area contributed by atoms with E-state index >= 15 is 0 Å². The van der Waals surface area contributed by atoms with Gasteiger partial charge in [0.15, 0.2) is 0 Å². The molecule has 7 heteroatoms. The van der Waals surface area contributed by atoms with Crippen molar-refractivity contribution in [2.24, 2.45) is 0 Å². The number of hydrogen-bond donors (Lipinski definition) is 3. The molecule has 0 aromatic rings. The van der Waals surface area contributed by atoms with Crippen LogP contribution >= 0.6 is 0 Å². The Hall–Kier alpha value is 0.491. The maximum atomic E-state index is 3.87. The average Bonchev–Trinajstić information content (AvgIpc) is 2.06. The van der Waals surface area contributed by atoms with Crippen molar-refractivity contribution >= 4 is 24.7 Å². The SMILES string of the molecule is CC(N[Si](C)(C)C)N(C(C)N[Si](C)(C)C)C(C)N[Si](C)(C)C. The molecule has 3 atom stereocenters. The van der Waals surface area contributed by atoms with Crippen LogP contribution in [-0.4, -0.2) is 48.1 Å². The third-order valence-corrected chi connectivity index (χ3v) is 7.12. The molecule has 0 bridgehead atoms. The summed E-state index contributed by atoms with van der Waals surface area (Å²) in [6.45, 7) is 28.3. The quantitative estimate of drug-likeness (QED) is 0.433. The Morgan fingerprint density at radius 2 is 0.682 bits per heavy atom. The molecular weight excluding hydrogens is 320 g/mol. The Morgan fingerprint density at radius 1 is 0.500 bits per heavy atom. The second kappa shape index (κ2) is 8.04. The number of rotatable bonds is 9. The van der Waals surface area contributed by atoms with Crippen LogP contribution in [0.1, 0.15) is 20.8 Å². The minimum Gasteiger partial charge on any atom is -0.323 e. The van der Waals surface area contributed by atoms with E-state index in [4.69, 9.17) is 0 Å². The Labute approximate surface area is 143 Å². The van der Waals surface area contributed by atoms with E-state index in [2.05, 4.69) is 99.5 Å². The summed E-state index contributed by atoms with van der Waals surface area (Å²) in [5.41, 5.74) is 0. The minimum absolute atomic E-state index is 0.365. The van der Waals surface area contributed by atoms with Gasteiger partial charge in [-0.1, -0.05) is 58.9 Å².